The maximum absolute atomic E-state index is 11.5. The Kier molecular flexibility index (Phi) is 3.01. The molecule has 5 nitrogen and oxygen atoms in total. The number of rotatable bonds is 3. The van der Waals surface area contributed by atoms with Gasteiger partial charge in [-0.25, -0.2) is 0 Å². The number of amides is 1. The largest absolute Gasteiger partial charge is 0.351 e. The Morgan fingerprint density at radius 3 is 3.27 bits per heavy atom. The van der Waals surface area contributed by atoms with Crippen LogP contribution < -0.4 is 10.6 Å². The van der Waals surface area contributed by atoms with Crippen LogP contribution >= 0.6 is 0 Å². The highest BCUT2D eigenvalue weighted by Gasteiger charge is 2.16. The standard InChI is InChI=1S/C10H15N3O2/c1-7-5-9(15-13-7)10(14)12-6-8-3-2-4-11-8/h5,8,11H,2-4,6H2,1H3,(H,12,14). The molecule has 15 heavy (non-hydrogen) atoms. The van der Waals surface area contributed by atoms with Crippen LogP contribution in [0.25, 0.3) is 0 Å². The van der Waals surface area contributed by atoms with E-state index in [1.54, 1.807) is 13.0 Å². The van der Waals surface area contributed by atoms with E-state index in [0.717, 1.165) is 18.7 Å². The van der Waals surface area contributed by atoms with E-state index in [0.29, 0.717) is 12.6 Å². The van der Waals surface area contributed by atoms with E-state index in [1.807, 2.05) is 0 Å². The summed E-state index contributed by atoms with van der Waals surface area (Å²) in [6, 6.07) is 2.04. The molecule has 0 aliphatic carbocycles. The molecule has 1 aromatic rings. The van der Waals surface area contributed by atoms with Gasteiger partial charge in [-0.3, -0.25) is 4.79 Å². The van der Waals surface area contributed by atoms with Crippen molar-refractivity contribution in [1.29, 1.82) is 0 Å². The third kappa shape index (κ3) is 2.56. The summed E-state index contributed by atoms with van der Waals surface area (Å²) in [6.45, 7) is 3.49. The Morgan fingerprint density at radius 2 is 2.67 bits per heavy atom. The fourth-order valence-electron chi connectivity index (χ4n) is 1.70. The zero-order valence-corrected chi connectivity index (χ0v) is 8.75. The number of nitrogens with zero attached hydrogens (tertiary/aromatic N) is 1. The van der Waals surface area contributed by atoms with Crippen molar-refractivity contribution >= 4 is 5.91 Å². The average molecular weight is 209 g/mol. The SMILES string of the molecule is Cc1cc(C(=O)NCC2CCCN2)on1. The summed E-state index contributed by atoms with van der Waals surface area (Å²) in [6.07, 6.45) is 2.30. The summed E-state index contributed by atoms with van der Waals surface area (Å²) in [7, 11) is 0. The second-order valence-electron chi connectivity index (χ2n) is 3.84. The first-order chi connectivity index (χ1) is 7.25. The van der Waals surface area contributed by atoms with Crippen molar-refractivity contribution in [2.24, 2.45) is 0 Å². The molecule has 0 bridgehead atoms. The molecule has 2 heterocycles. The van der Waals surface area contributed by atoms with E-state index in [1.165, 1.54) is 6.42 Å². The fraction of sp³-hybridized carbons (Fsp3) is 0.600. The Balaban J connectivity index is 1.81. The van der Waals surface area contributed by atoms with Crippen molar-refractivity contribution in [3.63, 3.8) is 0 Å². The molecule has 1 fully saturated rings. The van der Waals surface area contributed by atoms with Crippen molar-refractivity contribution in [2.45, 2.75) is 25.8 Å². The number of aromatic nitrogens is 1. The second kappa shape index (κ2) is 4.44. The van der Waals surface area contributed by atoms with Crippen molar-refractivity contribution < 1.29 is 9.32 Å². The normalized spacial score (nSPS) is 20.5. The van der Waals surface area contributed by atoms with Crippen LogP contribution in [0.15, 0.2) is 10.6 Å². The van der Waals surface area contributed by atoms with Gasteiger partial charge in [0.15, 0.2) is 0 Å². The number of nitrogens with one attached hydrogen (secondary N) is 2. The fourth-order valence-corrected chi connectivity index (χ4v) is 1.70. The number of hydrogen-bond donors (Lipinski definition) is 2. The first-order valence-corrected chi connectivity index (χ1v) is 5.20. The highest BCUT2D eigenvalue weighted by molar-refractivity contribution is 5.91. The molecule has 1 aliphatic heterocycles. The molecule has 0 radical (unpaired) electrons. The van der Waals surface area contributed by atoms with E-state index < -0.39 is 0 Å². The molecular weight excluding hydrogens is 194 g/mol. The molecule has 1 aromatic heterocycles. The van der Waals surface area contributed by atoms with Gasteiger partial charge in [0, 0.05) is 18.7 Å². The molecule has 2 rings (SSSR count). The predicted octanol–water partition coefficient (Wildman–Crippen LogP) is 0.465. The molecular formula is C10H15N3O2. The van der Waals surface area contributed by atoms with Crippen molar-refractivity contribution in [3.8, 4) is 0 Å². The molecule has 2 N–H and O–H groups in total. The summed E-state index contributed by atoms with van der Waals surface area (Å²) in [5.41, 5.74) is 0.721. The molecule has 1 unspecified atom stereocenters. The molecule has 1 amide bonds. The summed E-state index contributed by atoms with van der Waals surface area (Å²) in [4.78, 5) is 11.5. The minimum Gasteiger partial charge on any atom is -0.351 e. The highest BCUT2D eigenvalue weighted by atomic mass is 16.5. The van der Waals surface area contributed by atoms with Gasteiger partial charge in [0.05, 0.1) is 5.69 Å². The molecule has 1 aliphatic rings. The van der Waals surface area contributed by atoms with Crippen LogP contribution in [0.4, 0.5) is 0 Å². The first kappa shape index (κ1) is 10.2. The van der Waals surface area contributed by atoms with E-state index in [4.69, 9.17) is 4.52 Å². The van der Waals surface area contributed by atoms with Crippen molar-refractivity contribution in [2.75, 3.05) is 13.1 Å². The van der Waals surface area contributed by atoms with Gasteiger partial charge in [-0.05, 0) is 26.3 Å². The maximum atomic E-state index is 11.5. The number of hydrogen-bond acceptors (Lipinski definition) is 4. The molecule has 82 valence electrons. The van der Waals surface area contributed by atoms with Crippen molar-refractivity contribution in [1.82, 2.24) is 15.8 Å². The van der Waals surface area contributed by atoms with E-state index in [9.17, 15) is 4.79 Å². The maximum Gasteiger partial charge on any atom is 0.289 e. The summed E-state index contributed by atoms with van der Waals surface area (Å²) < 4.78 is 4.86. The zero-order valence-electron chi connectivity index (χ0n) is 8.75. The minimum atomic E-state index is -0.190. The Bertz CT molecular complexity index is 342. The molecule has 0 spiro atoms. The predicted molar refractivity (Wildman–Crippen MR) is 54.6 cm³/mol. The average Bonchev–Trinajstić information content (AvgIpc) is 2.84. The van der Waals surface area contributed by atoms with Gasteiger partial charge in [0.1, 0.15) is 0 Å². The summed E-state index contributed by atoms with van der Waals surface area (Å²) in [5, 5.41) is 9.79. The highest BCUT2D eigenvalue weighted by Crippen LogP contribution is 2.05. The van der Waals surface area contributed by atoms with E-state index >= 15 is 0 Å². The van der Waals surface area contributed by atoms with Gasteiger partial charge < -0.3 is 15.2 Å². The van der Waals surface area contributed by atoms with Crippen LogP contribution in [0.2, 0.25) is 0 Å². The number of carbonyl (C=O) groups is 1. The lowest BCUT2D eigenvalue weighted by Crippen LogP contribution is -2.37. The Morgan fingerprint density at radius 1 is 1.80 bits per heavy atom. The van der Waals surface area contributed by atoms with Crippen LogP contribution in [0.5, 0.6) is 0 Å². The first-order valence-electron chi connectivity index (χ1n) is 5.20. The lowest BCUT2D eigenvalue weighted by molar-refractivity contribution is 0.0913. The van der Waals surface area contributed by atoms with Crippen molar-refractivity contribution in [3.05, 3.63) is 17.5 Å². The molecule has 1 saturated heterocycles. The topological polar surface area (TPSA) is 67.2 Å². The zero-order chi connectivity index (χ0) is 10.7. The number of aryl methyl sites for hydroxylation is 1. The lowest BCUT2D eigenvalue weighted by atomic mass is 10.2. The van der Waals surface area contributed by atoms with Crippen LogP contribution in [-0.2, 0) is 0 Å². The third-order valence-electron chi connectivity index (χ3n) is 2.52. The van der Waals surface area contributed by atoms with E-state index in [2.05, 4.69) is 15.8 Å². The quantitative estimate of drug-likeness (QED) is 0.759. The summed E-state index contributed by atoms with van der Waals surface area (Å²) in [5.74, 6) is 0.0924. The van der Waals surface area contributed by atoms with E-state index in [-0.39, 0.29) is 11.7 Å². The molecule has 0 saturated carbocycles. The molecule has 1 atom stereocenters. The monoisotopic (exact) mass is 209 g/mol. The van der Waals surface area contributed by atoms with Crippen LogP contribution in [0.3, 0.4) is 0 Å². The van der Waals surface area contributed by atoms with Crippen LogP contribution in [0, 0.1) is 6.92 Å². The van der Waals surface area contributed by atoms with Gasteiger partial charge in [-0.2, -0.15) is 0 Å². The Hall–Kier alpha value is -1.36. The number of carbonyl (C=O) groups excluding carboxylic acids is 1. The van der Waals surface area contributed by atoms with Gasteiger partial charge >= 0.3 is 0 Å². The minimum absolute atomic E-state index is 0.190. The molecule has 0 aromatic carbocycles. The third-order valence-corrected chi connectivity index (χ3v) is 2.52. The van der Waals surface area contributed by atoms with Gasteiger partial charge in [0.2, 0.25) is 5.76 Å². The molecule has 5 heteroatoms. The van der Waals surface area contributed by atoms with Crippen LogP contribution in [-0.4, -0.2) is 30.2 Å². The van der Waals surface area contributed by atoms with Gasteiger partial charge in [0.25, 0.3) is 5.91 Å². The Labute approximate surface area is 88.2 Å². The van der Waals surface area contributed by atoms with Crippen LogP contribution in [0.1, 0.15) is 29.1 Å². The second-order valence-corrected chi connectivity index (χ2v) is 3.84. The smallest absolute Gasteiger partial charge is 0.289 e. The summed E-state index contributed by atoms with van der Waals surface area (Å²) >= 11 is 0. The lowest BCUT2D eigenvalue weighted by Gasteiger charge is -2.09. The van der Waals surface area contributed by atoms with Gasteiger partial charge in [-0.1, -0.05) is 5.16 Å². The van der Waals surface area contributed by atoms with Gasteiger partial charge in [-0.15, -0.1) is 0 Å².